The zero-order valence-electron chi connectivity index (χ0n) is 17.1. The second-order valence-corrected chi connectivity index (χ2v) is 8.11. The fraction of sp³-hybridized carbons (Fsp3) is 0.125. The van der Waals surface area contributed by atoms with Crippen molar-refractivity contribution in [3.63, 3.8) is 0 Å². The summed E-state index contributed by atoms with van der Waals surface area (Å²) in [7, 11) is 0. The van der Waals surface area contributed by atoms with Crippen LogP contribution < -0.4 is 10.00 Å². The molecule has 0 aliphatic rings. The Balaban J connectivity index is 1.34. The van der Waals surface area contributed by atoms with Crippen molar-refractivity contribution in [1.82, 2.24) is 14.6 Å². The van der Waals surface area contributed by atoms with Crippen molar-refractivity contribution in [2.45, 2.75) is 18.6 Å². The summed E-state index contributed by atoms with van der Waals surface area (Å²) in [6.45, 7) is 3.05. The number of carbonyl (C=O) groups excluding carboxylic acids is 1. The number of H-pyrrole nitrogens is 1. The lowest BCUT2D eigenvalue weighted by molar-refractivity contribution is -0.694. The number of benzene rings is 3. The van der Waals surface area contributed by atoms with Crippen LogP contribution >= 0.6 is 11.8 Å². The number of thioether (sulfide) groups is 1. The number of nitrogens with zero attached hydrogens (tertiary/aromatic N) is 3. The van der Waals surface area contributed by atoms with Crippen molar-refractivity contribution in [1.29, 1.82) is 0 Å². The molecule has 2 heterocycles. The lowest BCUT2D eigenvalue weighted by Crippen LogP contribution is -2.35. The molecule has 0 saturated heterocycles. The second-order valence-electron chi connectivity index (χ2n) is 7.17. The number of fused-ring (bicyclic) bond motifs is 3. The minimum Gasteiger partial charge on any atom is -0.341 e. The van der Waals surface area contributed by atoms with Crippen molar-refractivity contribution < 1.29 is 9.48 Å². The predicted octanol–water partition coefficient (Wildman–Crippen LogP) is 4.55. The van der Waals surface area contributed by atoms with Crippen LogP contribution in [0.15, 0.2) is 84.3 Å². The van der Waals surface area contributed by atoms with Gasteiger partial charge < -0.3 is 9.88 Å². The van der Waals surface area contributed by atoms with Crippen molar-refractivity contribution in [2.75, 3.05) is 11.1 Å². The molecule has 2 aromatic heterocycles. The molecule has 0 atom stereocenters. The lowest BCUT2D eigenvalue weighted by Gasteiger charge is -2.06. The first-order valence-corrected chi connectivity index (χ1v) is 11.2. The van der Waals surface area contributed by atoms with E-state index in [1.807, 2.05) is 41.1 Å². The van der Waals surface area contributed by atoms with Gasteiger partial charge in [0.1, 0.15) is 0 Å². The topological polar surface area (TPSA) is 66.6 Å². The maximum Gasteiger partial charge on any atom is 0.385 e. The Morgan fingerprint density at radius 3 is 2.65 bits per heavy atom. The van der Waals surface area contributed by atoms with E-state index >= 15 is 0 Å². The summed E-state index contributed by atoms with van der Waals surface area (Å²) in [5, 5.41) is 9.21. The summed E-state index contributed by atoms with van der Waals surface area (Å²) in [6, 6.07) is 24.4. The Bertz CT molecular complexity index is 1370. The zero-order chi connectivity index (χ0) is 21.2. The van der Waals surface area contributed by atoms with Crippen LogP contribution in [0.1, 0.15) is 6.92 Å². The molecule has 154 valence electrons. The van der Waals surface area contributed by atoms with Gasteiger partial charge in [0, 0.05) is 34.0 Å². The molecule has 3 aromatic carbocycles. The molecule has 1 amide bonds. The third-order valence-corrected chi connectivity index (χ3v) is 6.22. The maximum absolute atomic E-state index is 12.6. The highest BCUT2D eigenvalue weighted by atomic mass is 32.2. The molecule has 6 nitrogen and oxygen atoms in total. The Morgan fingerprint density at radius 2 is 1.81 bits per heavy atom. The van der Waals surface area contributed by atoms with E-state index in [9.17, 15) is 4.79 Å². The van der Waals surface area contributed by atoms with Gasteiger partial charge >= 0.3 is 5.16 Å². The normalized spacial score (nSPS) is 11.3. The first kappa shape index (κ1) is 19.4. The molecule has 0 aliphatic heterocycles. The van der Waals surface area contributed by atoms with Crippen molar-refractivity contribution in [2.24, 2.45) is 0 Å². The van der Waals surface area contributed by atoms with E-state index in [4.69, 9.17) is 0 Å². The number of aromatic amines is 1. The van der Waals surface area contributed by atoms with Crippen molar-refractivity contribution >= 4 is 45.2 Å². The summed E-state index contributed by atoms with van der Waals surface area (Å²) in [6.07, 6.45) is 1.63. The summed E-state index contributed by atoms with van der Waals surface area (Å²) in [4.78, 5) is 17.0. The first-order chi connectivity index (χ1) is 15.2. The van der Waals surface area contributed by atoms with Gasteiger partial charge in [0.2, 0.25) is 12.2 Å². The van der Waals surface area contributed by atoms with Crippen LogP contribution in [0.25, 0.3) is 27.5 Å². The number of rotatable bonds is 6. The Kier molecular flexibility index (Phi) is 5.18. The highest BCUT2D eigenvalue weighted by Gasteiger charge is 2.19. The first-order valence-electron chi connectivity index (χ1n) is 10.2. The quantitative estimate of drug-likeness (QED) is 0.308. The molecule has 0 bridgehead atoms. The van der Waals surface area contributed by atoms with Gasteiger partial charge in [-0.05, 0) is 60.1 Å². The van der Waals surface area contributed by atoms with Crippen LogP contribution in [-0.4, -0.2) is 26.3 Å². The van der Waals surface area contributed by atoms with E-state index in [2.05, 4.69) is 63.3 Å². The van der Waals surface area contributed by atoms with E-state index < -0.39 is 0 Å². The molecule has 2 N–H and O–H groups in total. The van der Waals surface area contributed by atoms with Gasteiger partial charge in [0.15, 0.2) is 5.69 Å². The van der Waals surface area contributed by atoms with Crippen LogP contribution in [0.2, 0.25) is 0 Å². The molecular weight excluding hydrogens is 406 g/mol. The number of carbonyl (C=O) groups is 1. The summed E-state index contributed by atoms with van der Waals surface area (Å²) < 4.78 is 4.16. The number of hydrogen-bond acceptors (Lipinski definition) is 3. The third-order valence-electron chi connectivity index (χ3n) is 5.27. The minimum atomic E-state index is -0.0637. The van der Waals surface area contributed by atoms with E-state index in [1.165, 1.54) is 28.2 Å². The van der Waals surface area contributed by atoms with Gasteiger partial charge in [-0.1, -0.05) is 36.4 Å². The van der Waals surface area contributed by atoms with Crippen molar-refractivity contribution in [3.8, 4) is 5.69 Å². The monoisotopic (exact) mass is 428 g/mol. The molecule has 0 aliphatic carbocycles. The van der Waals surface area contributed by atoms with Gasteiger partial charge in [0.25, 0.3) is 0 Å². The summed E-state index contributed by atoms with van der Waals surface area (Å²) >= 11 is 1.39. The van der Waals surface area contributed by atoms with E-state index in [1.54, 1.807) is 6.33 Å². The molecule has 0 saturated carbocycles. The maximum atomic E-state index is 12.6. The second kappa shape index (κ2) is 8.28. The van der Waals surface area contributed by atoms with Gasteiger partial charge in [0.05, 0.1) is 5.75 Å². The minimum absolute atomic E-state index is 0.0637. The van der Waals surface area contributed by atoms with E-state index in [0.29, 0.717) is 0 Å². The number of amides is 1. The smallest absolute Gasteiger partial charge is 0.341 e. The fourth-order valence-corrected chi connectivity index (χ4v) is 4.66. The Labute approximate surface area is 183 Å². The highest BCUT2D eigenvalue weighted by Crippen LogP contribution is 2.31. The van der Waals surface area contributed by atoms with E-state index in [-0.39, 0.29) is 11.7 Å². The molecular formula is C24H22N5OS+. The van der Waals surface area contributed by atoms with Gasteiger partial charge in [-0.15, -0.1) is 4.68 Å². The molecule has 5 rings (SSSR count). The highest BCUT2D eigenvalue weighted by molar-refractivity contribution is 7.99. The number of nitrogens with one attached hydrogen (secondary N) is 2. The average Bonchev–Trinajstić information content (AvgIpc) is 3.40. The predicted molar refractivity (Wildman–Crippen MR) is 125 cm³/mol. The Morgan fingerprint density at radius 1 is 1.03 bits per heavy atom. The summed E-state index contributed by atoms with van der Waals surface area (Å²) in [5.74, 6) is 0.207. The van der Waals surface area contributed by atoms with Crippen molar-refractivity contribution in [3.05, 3.63) is 79.1 Å². The largest absolute Gasteiger partial charge is 0.385 e. The summed E-state index contributed by atoms with van der Waals surface area (Å²) in [5.41, 5.74) is 4.16. The molecule has 0 radical (unpaired) electrons. The molecule has 31 heavy (non-hydrogen) atoms. The van der Waals surface area contributed by atoms with E-state index in [0.717, 1.165) is 28.5 Å². The Hall–Kier alpha value is -3.58. The molecule has 0 fully saturated rings. The number of aryl methyl sites for hydroxylation is 1. The molecule has 7 heteroatoms. The van der Waals surface area contributed by atoms with Gasteiger partial charge in [-0.25, -0.2) is 0 Å². The standard InChI is InChI=1S/C24H21N5OS/c1-2-28-21-11-7-6-10-19(21)20-14-17(12-13-22(20)28)27-23(30)15-31-24-25-16-26-29(24)18-8-4-3-5-9-18/h3-14,16H,2,15H2,1H3,(H,27,30)/p+1. The van der Waals surface area contributed by atoms with Crippen LogP contribution in [-0.2, 0) is 11.3 Å². The average molecular weight is 429 g/mol. The molecule has 0 spiro atoms. The van der Waals surface area contributed by atoms with Gasteiger partial charge in [-0.2, -0.15) is 5.10 Å². The molecule has 5 aromatic rings. The van der Waals surface area contributed by atoms with Crippen LogP contribution in [0.5, 0.6) is 0 Å². The van der Waals surface area contributed by atoms with Crippen LogP contribution in [0.3, 0.4) is 0 Å². The van der Waals surface area contributed by atoms with Crippen LogP contribution in [0, 0.1) is 0 Å². The number of aromatic nitrogens is 4. The number of para-hydroxylation sites is 2. The number of anilines is 1. The third kappa shape index (κ3) is 3.68. The SMILES string of the molecule is CCn1c2ccccc2c2cc(NC(=O)CSc3nc[nH][n+]3-c3ccccc3)ccc21. The number of hydrogen-bond donors (Lipinski definition) is 2. The molecule has 0 unspecified atom stereocenters. The lowest BCUT2D eigenvalue weighted by atomic mass is 10.1. The van der Waals surface area contributed by atoms with Gasteiger partial charge in [-0.3, -0.25) is 4.79 Å². The van der Waals surface area contributed by atoms with Crippen LogP contribution in [0.4, 0.5) is 5.69 Å². The zero-order valence-corrected chi connectivity index (χ0v) is 17.9. The fourth-order valence-electron chi connectivity index (χ4n) is 3.92.